The normalized spacial score (nSPS) is 13.7. The van der Waals surface area contributed by atoms with Crippen LogP contribution in [0.15, 0.2) is 29.2 Å². The van der Waals surface area contributed by atoms with E-state index >= 15 is 0 Å². The fourth-order valence-electron chi connectivity index (χ4n) is 2.11. The Morgan fingerprint density at radius 2 is 1.46 bits per heavy atom. The molecule has 0 atom stereocenters. The molecule has 0 radical (unpaired) electrons. The predicted molar refractivity (Wildman–Crippen MR) is 110 cm³/mol. The van der Waals surface area contributed by atoms with Crippen molar-refractivity contribution in [3.05, 3.63) is 29.8 Å². The van der Waals surface area contributed by atoms with Gasteiger partial charge >= 0.3 is 7.82 Å². The maximum atomic E-state index is 12.9. The number of rotatable bonds is 10. The molecule has 1 aromatic carbocycles. The Bertz CT molecular complexity index is 747. The van der Waals surface area contributed by atoms with Crippen molar-refractivity contribution >= 4 is 17.8 Å². The van der Waals surface area contributed by atoms with Gasteiger partial charge in [0.15, 0.2) is 0 Å². The lowest BCUT2D eigenvalue weighted by molar-refractivity contribution is 0.00375. The highest BCUT2D eigenvalue weighted by Crippen LogP contribution is 2.55. The van der Waals surface area contributed by atoms with E-state index in [1.807, 2.05) is 0 Å². The molecule has 0 aliphatic heterocycles. The van der Waals surface area contributed by atoms with Gasteiger partial charge in [-0.1, -0.05) is 12.1 Å². The summed E-state index contributed by atoms with van der Waals surface area (Å²) in [4.78, 5) is 0.210. The first-order chi connectivity index (χ1) is 12.7. The van der Waals surface area contributed by atoms with Crippen molar-refractivity contribution in [2.75, 3.05) is 20.2 Å². The molecule has 0 saturated carbocycles. The Kier molecular flexibility index (Phi) is 8.83. The molecule has 0 aliphatic carbocycles. The van der Waals surface area contributed by atoms with Gasteiger partial charge in [0.1, 0.15) is 0 Å². The smallest absolute Gasteiger partial charge is 0.310 e. The van der Waals surface area contributed by atoms with Gasteiger partial charge < -0.3 is 5.32 Å². The molecule has 1 aromatic rings. The molecular weight excluding hydrogens is 403 g/mol. The largest absolute Gasteiger partial charge is 0.475 e. The van der Waals surface area contributed by atoms with Crippen molar-refractivity contribution in [3.8, 4) is 0 Å². The Labute approximate surface area is 169 Å². The van der Waals surface area contributed by atoms with Crippen LogP contribution in [0.25, 0.3) is 0 Å². The fraction of sp³-hybridized carbons (Fsp3) is 0.667. The van der Waals surface area contributed by atoms with E-state index in [0.29, 0.717) is 13.1 Å². The molecule has 0 heterocycles. The van der Waals surface area contributed by atoms with E-state index in [0.717, 1.165) is 5.56 Å². The van der Waals surface area contributed by atoms with E-state index in [-0.39, 0.29) is 11.5 Å². The lowest BCUT2D eigenvalue weighted by Gasteiger charge is -2.30. The highest BCUT2D eigenvalue weighted by atomic mass is 32.2. The van der Waals surface area contributed by atoms with Crippen molar-refractivity contribution in [2.45, 2.75) is 64.2 Å². The number of nitrogens with one attached hydrogen (secondary N) is 2. The SMILES string of the molecule is CNS(=O)(=O)c1ccc(CNCCOP(=O)(OC(C)(C)C)OC(C)(C)C)cc1. The number of hydrogen-bond donors (Lipinski definition) is 2. The number of phosphoric ester groups is 1. The van der Waals surface area contributed by atoms with Crippen LogP contribution in [0.5, 0.6) is 0 Å². The zero-order chi connectivity index (χ0) is 21.6. The van der Waals surface area contributed by atoms with Crippen LogP contribution in [-0.4, -0.2) is 39.8 Å². The van der Waals surface area contributed by atoms with Crippen molar-refractivity contribution in [1.82, 2.24) is 10.0 Å². The summed E-state index contributed by atoms with van der Waals surface area (Å²) in [5, 5.41) is 3.15. The van der Waals surface area contributed by atoms with Crippen LogP contribution in [0, 0.1) is 0 Å². The van der Waals surface area contributed by atoms with Crippen LogP contribution in [0.4, 0.5) is 0 Å². The average Bonchev–Trinajstić information content (AvgIpc) is 2.51. The van der Waals surface area contributed by atoms with Crippen LogP contribution in [0.1, 0.15) is 47.1 Å². The Hall–Kier alpha value is -0.800. The van der Waals surface area contributed by atoms with Gasteiger partial charge in [-0.15, -0.1) is 0 Å². The molecule has 0 aliphatic rings. The van der Waals surface area contributed by atoms with Crippen molar-refractivity contribution in [3.63, 3.8) is 0 Å². The molecule has 0 unspecified atom stereocenters. The van der Waals surface area contributed by atoms with Gasteiger partial charge in [-0.3, -0.25) is 13.6 Å². The Morgan fingerprint density at radius 3 is 1.89 bits per heavy atom. The molecule has 2 N–H and O–H groups in total. The van der Waals surface area contributed by atoms with Gasteiger partial charge in [0.05, 0.1) is 22.7 Å². The number of sulfonamides is 1. The molecule has 0 fully saturated rings. The molecule has 28 heavy (non-hydrogen) atoms. The maximum absolute atomic E-state index is 12.9. The first-order valence-electron chi connectivity index (χ1n) is 9.05. The van der Waals surface area contributed by atoms with Crippen LogP contribution >= 0.6 is 7.82 Å². The predicted octanol–water partition coefficient (Wildman–Crippen LogP) is 3.44. The molecule has 0 saturated heterocycles. The van der Waals surface area contributed by atoms with Crippen molar-refractivity contribution < 1.29 is 26.6 Å². The number of hydrogen-bond acceptors (Lipinski definition) is 7. The lowest BCUT2D eigenvalue weighted by atomic mass is 10.2. The lowest BCUT2D eigenvalue weighted by Crippen LogP contribution is -2.26. The van der Waals surface area contributed by atoms with Crippen molar-refractivity contribution in [2.24, 2.45) is 0 Å². The summed E-state index contributed by atoms with van der Waals surface area (Å²) in [6.45, 7) is 11.8. The van der Waals surface area contributed by atoms with E-state index < -0.39 is 29.0 Å². The summed E-state index contributed by atoms with van der Waals surface area (Å²) in [6.07, 6.45) is 0. The third kappa shape index (κ3) is 9.60. The molecular formula is C18H33N2O6PS. The number of benzene rings is 1. The van der Waals surface area contributed by atoms with Crippen LogP contribution in [0.2, 0.25) is 0 Å². The summed E-state index contributed by atoms with van der Waals surface area (Å²) in [5.41, 5.74) is -0.442. The van der Waals surface area contributed by atoms with Gasteiger partial charge in [0.25, 0.3) is 0 Å². The maximum Gasteiger partial charge on any atom is 0.475 e. The average molecular weight is 437 g/mol. The summed E-state index contributed by atoms with van der Waals surface area (Å²) in [6, 6.07) is 6.55. The third-order valence-electron chi connectivity index (χ3n) is 3.13. The van der Waals surface area contributed by atoms with Crippen LogP contribution in [-0.2, 0) is 34.7 Å². The topological polar surface area (TPSA) is 103 Å². The molecule has 0 amide bonds. The van der Waals surface area contributed by atoms with E-state index in [4.69, 9.17) is 13.6 Å². The molecule has 8 nitrogen and oxygen atoms in total. The zero-order valence-electron chi connectivity index (χ0n) is 17.7. The molecule has 10 heteroatoms. The molecule has 162 valence electrons. The Morgan fingerprint density at radius 1 is 0.964 bits per heavy atom. The van der Waals surface area contributed by atoms with Gasteiger partial charge in [-0.05, 0) is 66.3 Å². The summed E-state index contributed by atoms with van der Waals surface area (Å²) in [7, 11) is -5.79. The summed E-state index contributed by atoms with van der Waals surface area (Å²) >= 11 is 0. The minimum atomic E-state index is -3.72. The first-order valence-corrected chi connectivity index (χ1v) is 12.0. The second-order valence-corrected chi connectivity index (χ2v) is 11.6. The summed E-state index contributed by atoms with van der Waals surface area (Å²) < 4.78 is 55.1. The molecule has 0 spiro atoms. The van der Waals surface area contributed by atoms with Crippen LogP contribution < -0.4 is 10.0 Å². The quantitative estimate of drug-likeness (QED) is 0.428. The van der Waals surface area contributed by atoms with Gasteiger partial charge in [0, 0.05) is 13.1 Å². The highest BCUT2D eigenvalue weighted by molar-refractivity contribution is 7.89. The third-order valence-corrected chi connectivity index (χ3v) is 6.60. The molecule has 0 aromatic heterocycles. The van der Waals surface area contributed by atoms with Gasteiger partial charge in [0.2, 0.25) is 10.0 Å². The fourth-order valence-corrected chi connectivity index (χ4v) is 4.64. The number of phosphoric acid groups is 1. The summed E-state index contributed by atoms with van der Waals surface area (Å²) in [5.74, 6) is 0. The van der Waals surface area contributed by atoms with E-state index in [2.05, 4.69) is 10.0 Å². The zero-order valence-corrected chi connectivity index (χ0v) is 19.4. The van der Waals surface area contributed by atoms with Crippen LogP contribution in [0.3, 0.4) is 0 Å². The Balaban J connectivity index is 2.54. The van der Waals surface area contributed by atoms with E-state index in [1.54, 1.807) is 65.8 Å². The second-order valence-electron chi connectivity index (χ2n) is 8.22. The second kappa shape index (κ2) is 9.80. The van der Waals surface area contributed by atoms with E-state index in [9.17, 15) is 13.0 Å². The van der Waals surface area contributed by atoms with Gasteiger partial charge in [-0.2, -0.15) is 0 Å². The van der Waals surface area contributed by atoms with E-state index in [1.165, 1.54) is 7.05 Å². The molecule has 1 rings (SSSR count). The molecule has 0 bridgehead atoms. The first kappa shape index (κ1) is 25.2. The van der Waals surface area contributed by atoms with Gasteiger partial charge in [-0.25, -0.2) is 17.7 Å². The standard InChI is InChI=1S/C18H33N2O6PS/c1-17(2,3)25-27(21,26-18(4,5)6)24-13-12-20-14-15-8-10-16(11-9-15)28(22,23)19-7/h8-11,19-20H,12-14H2,1-7H3. The van der Waals surface area contributed by atoms with Crippen molar-refractivity contribution in [1.29, 1.82) is 0 Å². The minimum absolute atomic E-state index is 0.135. The highest BCUT2D eigenvalue weighted by Gasteiger charge is 2.36. The monoisotopic (exact) mass is 436 g/mol. The minimum Gasteiger partial charge on any atom is -0.310 e.